The number of aryl methyl sites for hydroxylation is 1. The van der Waals surface area contributed by atoms with Crippen molar-refractivity contribution in [2.24, 2.45) is 0 Å². The van der Waals surface area contributed by atoms with Crippen LogP contribution in [-0.2, 0) is 16.4 Å². The molecule has 0 aliphatic rings. The van der Waals surface area contributed by atoms with E-state index >= 15 is 0 Å². The molecule has 0 aliphatic carbocycles. The van der Waals surface area contributed by atoms with E-state index in [0.29, 0.717) is 6.54 Å². The van der Waals surface area contributed by atoms with E-state index in [1.807, 2.05) is 24.3 Å². The minimum absolute atomic E-state index is 0.144. The van der Waals surface area contributed by atoms with Crippen LogP contribution in [0.1, 0.15) is 25.3 Å². The van der Waals surface area contributed by atoms with Gasteiger partial charge in [0.15, 0.2) is 0 Å². The second-order valence-corrected chi connectivity index (χ2v) is 6.20. The third kappa shape index (κ3) is 5.51. The Labute approximate surface area is 109 Å². The van der Waals surface area contributed by atoms with Gasteiger partial charge in [-0.05, 0) is 43.9 Å². The summed E-state index contributed by atoms with van der Waals surface area (Å²) in [6.45, 7) is 2.16. The second-order valence-electron chi connectivity index (χ2n) is 4.10. The average Bonchev–Trinajstić information content (AvgIpc) is 2.39. The van der Waals surface area contributed by atoms with Gasteiger partial charge in [0.1, 0.15) is 5.75 Å². The van der Waals surface area contributed by atoms with E-state index in [1.165, 1.54) is 5.56 Å². The van der Waals surface area contributed by atoms with Crippen LogP contribution in [0.3, 0.4) is 0 Å². The summed E-state index contributed by atoms with van der Waals surface area (Å²) in [6.07, 6.45) is 2.78. The van der Waals surface area contributed by atoms with Gasteiger partial charge in [-0.1, -0.05) is 12.1 Å². The Bertz CT molecular complexity index is 440. The molecule has 0 atom stereocenters. The van der Waals surface area contributed by atoms with E-state index in [1.54, 1.807) is 14.0 Å². The van der Waals surface area contributed by atoms with Crippen molar-refractivity contribution in [2.45, 2.75) is 26.2 Å². The molecule has 0 aromatic heterocycles. The maximum atomic E-state index is 11.2. The Morgan fingerprint density at radius 1 is 1.17 bits per heavy atom. The zero-order valence-electron chi connectivity index (χ0n) is 11.0. The first-order valence-corrected chi connectivity index (χ1v) is 7.83. The first-order valence-electron chi connectivity index (χ1n) is 6.17. The molecule has 1 N–H and O–H groups in total. The zero-order valence-corrected chi connectivity index (χ0v) is 11.8. The third-order valence-corrected chi connectivity index (χ3v) is 4.16. The van der Waals surface area contributed by atoms with Crippen molar-refractivity contribution in [3.05, 3.63) is 29.8 Å². The fourth-order valence-electron chi connectivity index (χ4n) is 1.58. The molecule has 0 amide bonds. The number of methoxy groups -OCH3 is 1. The minimum atomic E-state index is -3.04. The van der Waals surface area contributed by atoms with Crippen LogP contribution < -0.4 is 9.46 Å². The van der Waals surface area contributed by atoms with Gasteiger partial charge in [0.2, 0.25) is 10.0 Å². The van der Waals surface area contributed by atoms with Gasteiger partial charge in [-0.25, -0.2) is 13.1 Å². The molecule has 0 bridgehead atoms. The van der Waals surface area contributed by atoms with E-state index in [2.05, 4.69) is 4.72 Å². The number of ether oxygens (including phenoxy) is 1. The van der Waals surface area contributed by atoms with Gasteiger partial charge in [-0.15, -0.1) is 0 Å². The molecule has 1 aromatic carbocycles. The molecule has 0 saturated carbocycles. The molecule has 0 unspecified atom stereocenters. The second kappa shape index (κ2) is 7.38. The van der Waals surface area contributed by atoms with Crippen molar-refractivity contribution in [1.82, 2.24) is 4.72 Å². The number of sulfonamides is 1. The van der Waals surface area contributed by atoms with Crippen LogP contribution in [0.15, 0.2) is 24.3 Å². The molecule has 5 heteroatoms. The molecule has 1 rings (SSSR count). The van der Waals surface area contributed by atoms with Crippen molar-refractivity contribution in [3.63, 3.8) is 0 Å². The van der Waals surface area contributed by atoms with Crippen LogP contribution >= 0.6 is 0 Å². The SMILES string of the molecule is CCS(=O)(=O)NCCCCc1ccc(OC)cc1. The van der Waals surface area contributed by atoms with Crippen LogP contribution in [0.25, 0.3) is 0 Å². The molecule has 0 spiro atoms. The Morgan fingerprint density at radius 3 is 2.39 bits per heavy atom. The molecular weight excluding hydrogens is 250 g/mol. The third-order valence-electron chi connectivity index (χ3n) is 2.75. The van der Waals surface area contributed by atoms with Gasteiger partial charge in [0.25, 0.3) is 0 Å². The van der Waals surface area contributed by atoms with Gasteiger partial charge >= 0.3 is 0 Å². The Kier molecular flexibility index (Phi) is 6.15. The molecule has 1 aromatic rings. The summed E-state index contributed by atoms with van der Waals surface area (Å²) in [5, 5.41) is 0. The maximum Gasteiger partial charge on any atom is 0.211 e. The number of hydrogen-bond donors (Lipinski definition) is 1. The number of nitrogens with one attached hydrogen (secondary N) is 1. The molecule has 0 radical (unpaired) electrons. The van der Waals surface area contributed by atoms with Crippen molar-refractivity contribution in [3.8, 4) is 5.75 Å². The minimum Gasteiger partial charge on any atom is -0.497 e. The summed E-state index contributed by atoms with van der Waals surface area (Å²) in [5.74, 6) is 1.00. The van der Waals surface area contributed by atoms with Gasteiger partial charge < -0.3 is 4.74 Å². The number of unbranched alkanes of at least 4 members (excludes halogenated alkanes) is 1. The molecule has 0 saturated heterocycles. The molecule has 0 fully saturated rings. The van der Waals surface area contributed by atoms with Crippen molar-refractivity contribution < 1.29 is 13.2 Å². The Morgan fingerprint density at radius 2 is 1.83 bits per heavy atom. The lowest BCUT2D eigenvalue weighted by atomic mass is 10.1. The maximum absolute atomic E-state index is 11.2. The number of rotatable bonds is 8. The van der Waals surface area contributed by atoms with Crippen LogP contribution in [0.4, 0.5) is 0 Å². The predicted molar refractivity (Wildman–Crippen MR) is 73.4 cm³/mol. The van der Waals surface area contributed by atoms with Crippen LogP contribution in [-0.4, -0.2) is 27.8 Å². The fourth-order valence-corrected chi connectivity index (χ4v) is 2.24. The lowest BCUT2D eigenvalue weighted by Crippen LogP contribution is -2.26. The highest BCUT2D eigenvalue weighted by atomic mass is 32.2. The van der Waals surface area contributed by atoms with E-state index < -0.39 is 10.0 Å². The summed E-state index contributed by atoms with van der Waals surface area (Å²) in [6, 6.07) is 7.95. The highest BCUT2D eigenvalue weighted by molar-refractivity contribution is 7.89. The van der Waals surface area contributed by atoms with Crippen LogP contribution in [0.5, 0.6) is 5.75 Å². The van der Waals surface area contributed by atoms with Crippen molar-refractivity contribution in [1.29, 1.82) is 0 Å². The topological polar surface area (TPSA) is 55.4 Å². The van der Waals surface area contributed by atoms with Crippen molar-refractivity contribution >= 4 is 10.0 Å². The number of hydrogen-bond acceptors (Lipinski definition) is 3. The predicted octanol–water partition coefficient (Wildman–Crippen LogP) is 1.96. The van der Waals surface area contributed by atoms with Crippen LogP contribution in [0, 0.1) is 0 Å². The smallest absolute Gasteiger partial charge is 0.211 e. The lowest BCUT2D eigenvalue weighted by molar-refractivity contribution is 0.414. The van der Waals surface area contributed by atoms with Gasteiger partial charge in [-0.2, -0.15) is 0 Å². The molecule has 4 nitrogen and oxygen atoms in total. The molecule has 102 valence electrons. The normalized spacial score (nSPS) is 11.4. The highest BCUT2D eigenvalue weighted by Crippen LogP contribution is 2.12. The standard InChI is InChI=1S/C13H21NO3S/c1-3-18(15,16)14-11-5-4-6-12-7-9-13(17-2)10-8-12/h7-10,14H,3-6,11H2,1-2H3. The van der Waals surface area contributed by atoms with E-state index in [-0.39, 0.29) is 5.75 Å². The molecule has 0 heterocycles. The van der Waals surface area contributed by atoms with Gasteiger partial charge in [0, 0.05) is 6.54 Å². The Hall–Kier alpha value is -1.07. The fraction of sp³-hybridized carbons (Fsp3) is 0.538. The zero-order chi connectivity index (χ0) is 13.4. The Balaban J connectivity index is 2.21. The lowest BCUT2D eigenvalue weighted by Gasteiger charge is -2.05. The first kappa shape index (κ1) is 15.0. The van der Waals surface area contributed by atoms with Crippen molar-refractivity contribution in [2.75, 3.05) is 19.4 Å². The summed E-state index contributed by atoms with van der Waals surface area (Å²) >= 11 is 0. The van der Waals surface area contributed by atoms with E-state index in [9.17, 15) is 8.42 Å². The largest absolute Gasteiger partial charge is 0.497 e. The summed E-state index contributed by atoms with van der Waals surface area (Å²) in [5.41, 5.74) is 1.24. The van der Waals surface area contributed by atoms with E-state index in [4.69, 9.17) is 4.74 Å². The first-order chi connectivity index (χ1) is 8.57. The monoisotopic (exact) mass is 271 g/mol. The van der Waals surface area contributed by atoms with Gasteiger partial charge in [-0.3, -0.25) is 0 Å². The van der Waals surface area contributed by atoms with E-state index in [0.717, 1.165) is 25.0 Å². The summed E-state index contributed by atoms with van der Waals surface area (Å²) < 4.78 is 30.0. The number of benzene rings is 1. The van der Waals surface area contributed by atoms with Crippen LogP contribution in [0.2, 0.25) is 0 Å². The van der Waals surface area contributed by atoms with Gasteiger partial charge in [0.05, 0.1) is 12.9 Å². The quantitative estimate of drug-likeness (QED) is 0.735. The summed E-state index contributed by atoms with van der Waals surface area (Å²) in [4.78, 5) is 0. The molecule has 0 aliphatic heterocycles. The summed E-state index contributed by atoms with van der Waals surface area (Å²) in [7, 11) is -1.39. The molecular formula is C13H21NO3S. The molecule has 18 heavy (non-hydrogen) atoms. The highest BCUT2D eigenvalue weighted by Gasteiger charge is 2.04. The average molecular weight is 271 g/mol.